The lowest BCUT2D eigenvalue weighted by Crippen LogP contribution is -2.34. The summed E-state index contributed by atoms with van der Waals surface area (Å²) in [7, 11) is 3.75. The number of amides is 1. The van der Waals surface area contributed by atoms with Crippen molar-refractivity contribution in [2.75, 3.05) is 20.6 Å². The van der Waals surface area contributed by atoms with Gasteiger partial charge in [0.1, 0.15) is 11.4 Å². The van der Waals surface area contributed by atoms with Crippen LogP contribution in [0.25, 0.3) is 11.0 Å². The highest BCUT2D eigenvalue weighted by Gasteiger charge is 2.18. The van der Waals surface area contributed by atoms with E-state index in [0.717, 1.165) is 16.7 Å². The zero-order chi connectivity index (χ0) is 20.4. The third kappa shape index (κ3) is 4.12. The van der Waals surface area contributed by atoms with Gasteiger partial charge in [-0.1, -0.05) is 12.1 Å². The first-order valence-electron chi connectivity index (χ1n) is 9.01. The summed E-state index contributed by atoms with van der Waals surface area (Å²) in [6, 6.07) is 10.8. The topological polar surface area (TPSA) is 62.6 Å². The van der Waals surface area contributed by atoms with E-state index in [2.05, 4.69) is 5.32 Å². The third-order valence-corrected chi connectivity index (χ3v) is 4.90. The van der Waals surface area contributed by atoms with Gasteiger partial charge in [0.2, 0.25) is 0 Å². The number of hydrogen-bond acceptors (Lipinski definition) is 4. The van der Waals surface area contributed by atoms with Crippen LogP contribution in [0.4, 0.5) is 4.39 Å². The Morgan fingerprint density at radius 2 is 1.75 bits per heavy atom. The maximum atomic E-state index is 13.2. The average molecular weight is 382 g/mol. The van der Waals surface area contributed by atoms with Crippen molar-refractivity contribution in [3.63, 3.8) is 0 Å². The molecule has 0 saturated heterocycles. The van der Waals surface area contributed by atoms with E-state index in [4.69, 9.17) is 4.42 Å². The van der Waals surface area contributed by atoms with Crippen LogP contribution in [0.5, 0.6) is 0 Å². The van der Waals surface area contributed by atoms with Crippen LogP contribution in [0.2, 0.25) is 0 Å². The van der Waals surface area contributed by atoms with E-state index in [0.29, 0.717) is 11.0 Å². The minimum Gasteiger partial charge on any atom is -0.451 e. The van der Waals surface area contributed by atoms with E-state index < -0.39 is 5.91 Å². The molecule has 1 amide bonds. The van der Waals surface area contributed by atoms with E-state index >= 15 is 0 Å². The van der Waals surface area contributed by atoms with Gasteiger partial charge in [-0.05, 0) is 68.9 Å². The lowest BCUT2D eigenvalue weighted by Gasteiger charge is -2.25. The molecule has 0 aliphatic rings. The van der Waals surface area contributed by atoms with E-state index in [1.54, 1.807) is 24.3 Å². The first kappa shape index (κ1) is 19.8. The number of rotatable bonds is 5. The van der Waals surface area contributed by atoms with Crippen LogP contribution >= 0.6 is 0 Å². The maximum Gasteiger partial charge on any atom is 0.287 e. The molecule has 6 heteroatoms. The molecule has 1 atom stereocenters. The van der Waals surface area contributed by atoms with Gasteiger partial charge >= 0.3 is 0 Å². The first-order valence-corrected chi connectivity index (χ1v) is 9.01. The van der Waals surface area contributed by atoms with Crippen molar-refractivity contribution in [1.29, 1.82) is 0 Å². The molecule has 0 aliphatic heterocycles. The Kier molecular flexibility index (Phi) is 5.61. The molecule has 146 valence electrons. The molecule has 0 unspecified atom stereocenters. The lowest BCUT2D eigenvalue weighted by atomic mass is 10.1. The zero-order valence-electron chi connectivity index (χ0n) is 16.4. The Bertz CT molecular complexity index is 1070. The second kappa shape index (κ2) is 7.94. The van der Waals surface area contributed by atoms with Gasteiger partial charge in [0.15, 0.2) is 11.2 Å². The summed E-state index contributed by atoms with van der Waals surface area (Å²) >= 11 is 0. The Hall–Kier alpha value is -2.99. The number of nitrogens with zero attached hydrogens (tertiary/aromatic N) is 1. The van der Waals surface area contributed by atoms with Gasteiger partial charge in [-0.3, -0.25) is 9.59 Å². The molecule has 0 aliphatic carbocycles. The summed E-state index contributed by atoms with van der Waals surface area (Å²) in [6.45, 7) is 4.13. The number of aryl methyl sites for hydroxylation is 2. The van der Waals surface area contributed by atoms with Crippen molar-refractivity contribution in [3.8, 4) is 0 Å². The minimum absolute atomic E-state index is 0.0302. The minimum atomic E-state index is -0.466. The van der Waals surface area contributed by atoms with Crippen LogP contribution in [-0.2, 0) is 0 Å². The molecule has 1 aromatic heterocycles. The lowest BCUT2D eigenvalue weighted by molar-refractivity contribution is 0.0914. The molecular formula is C22H23FN2O3. The molecule has 1 heterocycles. The Labute approximate surface area is 162 Å². The van der Waals surface area contributed by atoms with Gasteiger partial charge < -0.3 is 14.6 Å². The second-order valence-electron chi connectivity index (χ2n) is 7.15. The molecule has 28 heavy (non-hydrogen) atoms. The Morgan fingerprint density at radius 3 is 2.39 bits per heavy atom. The first-order chi connectivity index (χ1) is 13.3. The molecule has 0 spiro atoms. The smallest absolute Gasteiger partial charge is 0.287 e. The van der Waals surface area contributed by atoms with Gasteiger partial charge in [-0.2, -0.15) is 0 Å². The number of fused-ring (bicyclic) bond motifs is 1. The molecule has 5 nitrogen and oxygen atoms in total. The van der Waals surface area contributed by atoms with Crippen LogP contribution in [0, 0.1) is 19.7 Å². The van der Waals surface area contributed by atoms with E-state index in [1.165, 1.54) is 18.2 Å². The van der Waals surface area contributed by atoms with Gasteiger partial charge in [-0.25, -0.2) is 4.39 Å². The molecule has 3 aromatic rings. The normalized spacial score (nSPS) is 12.4. The highest BCUT2D eigenvalue weighted by Crippen LogP contribution is 2.20. The fourth-order valence-electron chi connectivity index (χ4n) is 3.08. The fourth-order valence-corrected chi connectivity index (χ4v) is 3.08. The maximum absolute atomic E-state index is 13.2. The summed E-state index contributed by atoms with van der Waals surface area (Å²) in [5.41, 5.74) is 2.99. The van der Waals surface area contributed by atoms with Crippen LogP contribution in [0.1, 0.15) is 33.3 Å². The number of carbonyl (C=O) groups is 1. The summed E-state index contributed by atoms with van der Waals surface area (Å²) in [5.74, 6) is -0.808. The van der Waals surface area contributed by atoms with E-state index in [1.807, 2.05) is 32.8 Å². The van der Waals surface area contributed by atoms with Crippen molar-refractivity contribution in [3.05, 3.63) is 81.0 Å². The average Bonchev–Trinajstić information content (AvgIpc) is 2.64. The molecule has 2 aromatic carbocycles. The van der Waals surface area contributed by atoms with Crippen molar-refractivity contribution < 1.29 is 13.6 Å². The molecule has 0 fully saturated rings. The van der Waals surface area contributed by atoms with E-state index in [9.17, 15) is 14.0 Å². The number of halogens is 1. The quantitative estimate of drug-likeness (QED) is 0.733. The number of carbonyl (C=O) groups excluding carboxylic acids is 1. The molecule has 1 N–H and O–H groups in total. The molecule has 0 saturated carbocycles. The van der Waals surface area contributed by atoms with Crippen molar-refractivity contribution >= 4 is 16.9 Å². The summed E-state index contributed by atoms with van der Waals surface area (Å²) < 4.78 is 18.9. The Balaban J connectivity index is 1.83. The molecule has 0 radical (unpaired) electrons. The van der Waals surface area contributed by atoms with Crippen LogP contribution < -0.4 is 10.7 Å². The molecular weight excluding hydrogens is 359 g/mol. The summed E-state index contributed by atoms with van der Waals surface area (Å²) in [6.07, 6.45) is 0. The Morgan fingerprint density at radius 1 is 1.11 bits per heavy atom. The highest BCUT2D eigenvalue weighted by molar-refractivity contribution is 5.93. The second-order valence-corrected chi connectivity index (χ2v) is 7.15. The standard InChI is InChI=1S/C22H23FN2O3/c1-13-9-17-19(26)11-21(28-20(17)10-14(13)2)22(27)24-12-18(25(3)4)15-5-7-16(23)8-6-15/h5-11,18H,12H2,1-4H3,(H,24,27)/t18-/m0/s1. The van der Waals surface area contributed by atoms with Crippen LogP contribution in [0.3, 0.4) is 0 Å². The molecule has 3 rings (SSSR count). The van der Waals surface area contributed by atoms with Crippen molar-refractivity contribution in [1.82, 2.24) is 10.2 Å². The van der Waals surface area contributed by atoms with Gasteiger partial charge in [0, 0.05) is 12.6 Å². The van der Waals surface area contributed by atoms with E-state index in [-0.39, 0.29) is 29.6 Å². The number of hydrogen-bond donors (Lipinski definition) is 1. The predicted molar refractivity (Wildman–Crippen MR) is 107 cm³/mol. The van der Waals surface area contributed by atoms with Gasteiger partial charge in [-0.15, -0.1) is 0 Å². The third-order valence-electron chi connectivity index (χ3n) is 4.90. The largest absolute Gasteiger partial charge is 0.451 e. The van der Waals surface area contributed by atoms with Gasteiger partial charge in [0.25, 0.3) is 5.91 Å². The monoisotopic (exact) mass is 382 g/mol. The zero-order valence-corrected chi connectivity index (χ0v) is 16.4. The van der Waals surface area contributed by atoms with Gasteiger partial charge in [0.05, 0.1) is 11.4 Å². The summed E-state index contributed by atoms with van der Waals surface area (Å²) in [5, 5.41) is 3.26. The number of likely N-dealkylation sites (N-methyl/N-ethyl adjacent to an activating group) is 1. The number of nitrogens with one attached hydrogen (secondary N) is 1. The van der Waals surface area contributed by atoms with Crippen LogP contribution in [0.15, 0.2) is 51.7 Å². The number of benzene rings is 2. The predicted octanol–water partition coefficient (Wildman–Crippen LogP) is 3.58. The molecule has 0 bridgehead atoms. The summed E-state index contributed by atoms with van der Waals surface area (Å²) in [4.78, 5) is 26.9. The fraction of sp³-hybridized carbons (Fsp3) is 0.273. The highest BCUT2D eigenvalue weighted by atomic mass is 19.1. The van der Waals surface area contributed by atoms with Crippen LogP contribution in [-0.4, -0.2) is 31.4 Å². The van der Waals surface area contributed by atoms with Crippen molar-refractivity contribution in [2.45, 2.75) is 19.9 Å². The SMILES string of the molecule is Cc1cc2oc(C(=O)NC[C@@H](c3ccc(F)cc3)N(C)C)cc(=O)c2cc1C. The van der Waals surface area contributed by atoms with Crippen molar-refractivity contribution in [2.24, 2.45) is 0 Å².